The van der Waals surface area contributed by atoms with Crippen molar-refractivity contribution in [3.8, 4) is 0 Å². The molecule has 0 aliphatic heterocycles. The van der Waals surface area contributed by atoms with Crippen LogP contribution in [0.15, 0.2) is 6.33 Å². The first-order chi connectivity index (χ1) is 5.02. The molecule has 7 heteroatoms. The molecule has 1 aromatic heterocycles. The standard InChI is InChI=1S/C4H5F3N4/c5-4(6,7)2(8)3-9-1-10-11-3/h1-2H,8H2,(H,9,10,11). The number of hydrogen-bond donors (Lipinski definition) is 2. The predicted octanol–water partition coefficient (Wildman–Crippen LogP) is 0.367. The van der Waals surface area contributed by atoms with Crippen LogP contribution in [0.25, 0.3) is 0 Å². The van der Waals surface area contributed by atoms with Gasteiger partial charge in [0.05, 0.1) is 0 Å². The summed E-state index contributed by atoms with van der Waals surface area (Å²) in [4.78, 5) is 3.27. The maximum Gasteiger partial charge on any atom is 0.410 e. The molecule has 0 fully saturated rings. The fraction of sp³-hybridized carbons (Fsp3) is 0.500. The molecule has 0 aliphatic rings. The van der Waals surface area contributed by atoms with Gasteiger partial charge in [0.2, 0.25) is 0 Å². The molecule has 62 valence electrons. The minimum atomic E-state index is -4.47. The molecule has 11 heavy (non-hydrogen) atoms. The lowest BCUT2D eigenvalue weighted by molar-refractivity contribution is -0.150. The topological polar surface area (TPSA) is 67.6 Å². The first-order valence-electron chi connectivity index (χ1n) is 2.69. The van der Waals surface area contributed by atoms with Crippen LogP contribution in [0.1, 0.15) is 11.9 Å². The molecular formula is C4H5F3N4. The fourth-order valence-electron chi connectivity index (χ4n) is 0.520. The van der Waals surface area contributed by atoms with Gasteiger partial charge in [0, 0.05) is 0 Å². The van der Waals surface area contributed by atoms with E-state index in [1.807, 2.05) is 5.10 Å². The molecule has 1 aromatic rings. The summed E-state index contributed by atoms with van der Waals surface area (Å²) in [6.45, 7) is 0. The predicted molar refractivity (Wildman–Crippen MR) is 29.4 cm³/mol. The zero-order valence-electron chi connectivity index (χ0n) is 5.26. The van der Waals surface area contributed by atoms with Gasteiger partial charge in [-0.2, -0.15) is 18.3 Å². The van der Waals surface area contributed by atoms with Gasteiger partial charge in [-0.25, -0.2) is 4.98 Å². The first-order valence-corrected chi connectivity index (χ1v) is 2.69. The number of nitrogens with two attached hydrogens (primary N) is 1. The van der Waals surface area contributed by atoms with Crippen molar-refractivity contribution in [2.24, 2.45) is 5.73 Å². The summed E-state index contributed by atoms with van der Waals surface area (Å²) in [7, 11) is 0. The highest BCUT2D eigenvalue weighted by Gasteiger charge is 2.39. The van der Waals surface area contributed by atoms with Gasteiger partial charge in [0.15, 0.2) is 11.9 Å². The molecule has 0 radical (unpaired) electrons. The lowest BCUT2D eigenvalue weighted by Gasteiger charge is -2.11. The Balaban J connectivity index is 2.78. The fourth-order valence-corrected chi connectivity index (χ4v) is 0.520. The van der Waals surface area contributed by atoms with E-state index in [1.54, 1.807) is 0 Å². The smallest absolute Gasteiger partial charge is 0.314 e. The van der Waals surface area contributed by atoms with Crippen LogP contribution in [0, 0.1) is 0 Å². The van der Waals surface area contributed by atoms with Crippen LogP contribution in [-0.2, 0) is 0 Å². The second-order valence-corrected chi connectivity index (χ2v) is 1.89. The number of nitrogens with zero attached hydrogens (tertiary/aromatic N) is 2. The van der Waals surface area contributed by atoms with Gasteiger partial charge in [-0.3, -0.25) is 5.10 Å². The number of H-pyrrole nitrogens is 1. The Morgan fingerprint density at radius 1 is 1.55 bits per heavy atom. The molecule has 4 nitrogen and oxygen atoms in total. The highest BCUT2D eigenvalue weighted by molar-refractivity contribution is 4.93. The van der Waals surface area contributed by atoms with Gasteiger partial charge in [-0.05, 0) is 0 Å². The number of aromatic amines is 1. The third-order valence-electron chi connectivity index (χ3n) is 1.08. The SMILES string of the molecule is NC(c1ncn[nH]1)C(F)(F)F. The zero-order valence-corrected chi connectivity index (χ0v) is 5.26. The van der Waals surface area contributed by atoms with Gasteiger partial charge in [-0.1, -0.05) is 0 Å². The van der Waals surface area contributed by atoms with Crippen molar-refractivity contribution in [2.75, 3.05) is 0 Å². The molecule has 0 aliphatic carbocycles. The Morgan fingerprint density at radius 3 is 2.55 bits per heavy atom. The zero-order chi connectivity index (χ0) is 8.48. The van der Waals surface area contributed by atoms with Crippen LogP contribution in [0.5, 0.6) is 0 Å². The minimum Gasteiger partial charge on any atom is -0.314 e. The lowest BCUT2D eigenvalue weighted by atomic mass is 10.3. The molecule has 0 bridgehead atoms. The van der Waals surface area contributed by atoms with E-state index in [-0.39, 0.29) is 5.82 Å². The molecule has 0 aromatic carbocycles. The Morgan fingerprint density at radius 2 is 2.18 bits per heavy atom. The summed E-state index contributed by atoms with van der Waals surface area (Å²) in [6.07, 6.45) is -3.50. The highest BCUT2D eigenvalue weighted by Crippen LogP contribution is 2.27. The quantitative estimate of drug-likeness (QED) is 0.633. The number of rotatable bonds is 1. The molecule has 0 spiro atoms. The van der Waals surface area contributed by atoms with Gasteiger partial charge in [-0.15, -0.1) is 0 Å². The monoisotopic (exact) mass is 166 g/mol. The number of aromatic nitrogens is 3. The van der Waals surface area contributed by atoms with Crippen LogP contribution in [-0.4, -0.2) is 21.4 Å². The van der Waals surface area contributed by atoms with Crippen LogP contribution in [0.3, 0.4) is 0 Å². The molecule has 0 saturated carbocycles. The van der Waals surface area contributed by atoms with Gasteiger partial charge >= 0.3 is 6.18 Å². The van der Waals surface area contributed by atoms with Crippen LogP contribution >= 0.6 is 0 Å². The third-order valence-corrected chi connectivity index (χ3v) is 1.08. The average molecular weight is 166 g/mol. The van der Waals surface area contributed by atoms with E-state index in [0.29, 0.717) is 0 Å². The molecule has 1 rings (SSSR count). The summed E-state index contributed by atoms with van der Waals surface area (Å²) >= 11 is 0. The van der Waals surface area contributed by atoms with E-state index in [9.17, 15) is 13.2 Å². The average Bonchev–Trinajstić information content (AvgIpc) is 2.34. The van der Waals surface area contributed by atoms with Crippen molar-refractivity contribution in [1.29, 1.82) is 0 Å². The second kappa shape index (κ2) is 2.50. The van der Waals surface area contributed by atoms with Gasteiger partial charge in [0.25, 0.3) is 0 Å². The molecule has 1 unspecified atom stereocenters. The Labute approximate surface area is 59.6 Å². The van der Waals surface area contributed by atoms with Crippen molar-refractivity contribution in [3.05, 3.63) is 12.2 Å². The summed E-state index contributed by atoms with van der Waals surface area (Å²) in [5.41, 5.74) is 4.76. The van der Waals surface area contributed by atoms with E-state index >= 15 is 0 Å². The number of hydrogen-bond acceptors (Lipinski definition) is 3. The van der Waals surface area contributed by atoms with E-state index in [0.717, 1.165) is 6.33 Å². The Hall–Kier alpha value is -1.11. The molecule has 0 saturated heterocycles. The van der Waals surface area contributed by atoms with Crippen molar-refractivity contribution in [1.82, 2.24) is 15.2 Å². The van der Waals surface area contributed by atoms with E-state index in [1.165, 1.54) is 0 Å². The van der Waals surface area contributed by atoms with Gasteiger partial charge < -0.3 is 5.73 Å². The number of alkyl halides is 3. The molecule has 3 N–H and O–H groups in total. The largest absolute Gasteiger partial charge is 0.410 e. The lowest BCUT2D eigenvalue weighted by Crippen LogP contribution is -2.29. The summed E-state index contributed by atoms with van der Waals surface area (Å²) in [5, 5.41) is 5.28. The van der Waals surface area contributed by atoms with Crippen LogP contribution in [0.4, 0.5) is 13.2 Å². The summed E-state index contributed by atoms with van der Waals surface area (Å²) < 4.78 is 35.4. The molecule has 1 heterocycles. The molecule has 1 atom stereocenters. The maximum atomic E-state index is 11.8. The first kappa shape index (κ1) is 7.99. The van der Waals surface area contributed by atoms with Crippen LogP contribution < -0.4 is 5.73 Å². The third kappa shape index (κ3) is 1.67. The van der Waals surface area contributed by atoms with E-state index in [2.05, 4.69) is 10.1 Å². The molecule has 0 amide bonds. The Kier molecular flexibility index (Phi) is 1.81. The van der Waals surface area contributed by atoms with Crippen molar-refractivity contribution >= 4 is 0 Å². The van der Waals surface area contributed by atoms with Crippen molar-refractivity contribution in [2.45, 2.75) is 12.2 Å². The molecular weight excluding hydrogens is 161 g/mol. The summed E-state index contributed by atoms with van der Waals surface area (Å²) in [5.74, 6) is -0.377. The second-order valence-electron chi connectivity index (χ2n) is 1.89. The normalized spacial score (nSPS) is 14.9. The number of halogens is 3. The van der Waals surface area contributed by atoms with Crippen molar-refractivity contribution < 1.29 is 13.2 Å². The minimum absolute atomic E-state index is 0.377. The maximum absolute atomic E-state index is 11.8. The summed E-state index contributed by atoms with van der Waals surface area (Å²) in [6, 6.07) is -2.08. The van der Waals surface area contributed by atoms with Gasteiger partial charge in [0.1, 0.15) is 6.33 Å². The van der Waals surface area contributed by atoms with E-state index in [4.69, 9.17) is 5.73 Å². The highest BCUT2D eigenvalue weighted by atomic mass is 19.4. The van der Waals surface area contributed by atoms with Crippen LogP contribution in [0.2, 0.25) is 0 Å². The van der Waals surface area contributed by atoms with E-state index < -0.39 is 12.2 Å². The Bertz CT molecular complexity index is 216. The van der Waals surface area contributed by atoms with Crippen molar-refractivity contribution in [3.63, 3.8) is 0 Å². The number of nitrogens with one attached hydrogen (secondary N) is 1.